The fourth-order valence-electron chi connectivity index (χ4n) is 8.48. The number of nitrogens with zero attached hydrogens (tertiary/aromatic N) is 8. The minimum absolute atomic E-state index is 0.0797. The van der Waals surface area contributed by atoms with Gasteiger partial charge in [0.2, 0.25) is 30.1 Å². The minimum atomic E-state index is -4.23. The molecule has 6 aromatic carbocycles. The first-order valence-electron chi connectivity index (χ1n) is 25.2. The lowest BCUT2D eigenvalue weighted by molar-refractivity contribution is -0.137. The summed E-state index contributed by atoms with van der Waals surface area (Å²) in [5.41, 5.74) is 23.9. The molecule has 0 aliphatic heterocycles. The summed E-state index contributed by atoms with van der Waals surface area (Å²) in [6.07, 6.45) is 4.20. The zero-order chi connectivity index (χ0) is 62.8. The number of hydrogen-bond donors (Lipinski definition) is 5. The number of aliphatic carboxylic acids is 1. The van der Waals surface area contributed by atoms with E-state index < -0.39 is 42.6 Å². The van der Waals surface area contributed by atoms with Gasteiger partial charge in [0, 0.05) is 98.7 Å². The maximum Gasteiger partial charge on any atom is 0.318 e. The lowest BCUT2D eigenvalue weighted by atomic mass is 10.1. The van der Waals surface area contributed by atoms with Gasteiger partial charge >= 0.3 is 5.97 Å². The molecule has 3 heterocycles. The predicted octanol–water partition coefficient (Wildman–Crippen LogP) is 11.8. The molecule has 86 heavy (non-hydrogen) atoms. The number of nitrogens with two attached hydrogens (primary N) is 4. The van der Waals surface area contributed by atoms with Gasteiger partial charge in [0.1, 0.15) is 11.7 Å². The summed E-state index contributed by atoms with van der Waals surface area (Å²) in [6, 6.07) is 34.1. The Labute approximate surface area is 530 Å². The molecule has 0 unspecified atom stereocenters. The number of halogens is 7. The van der Waals surface area contributed by atoms with E-state index >= 15 is 0 Å². The number of carbonyl (C=O) groups is 1. The highest BCUT2D eigenvalue weighted by Gasteiger charge is 2.29. The SMILES string of the molecule is CCN(Cc1cccc(Cl)c1)S(=O)(=O)c1ccc2c(Cl)cnc(Cl)c2c1.CCN(Cc1cccc(Cl)c1)S(=O)(=O)c1ccc2c(Cl)cnc(N=C(N)N)c2c1.NC(N)=Nc1ncc(Cl)c2ccc(S(=O)(=O)N(CC(=O)O)Cc3cccc(Cl)c3)cc12. The first kappa shape index (κ1) is 66.8. The quantitative estimate of drug-likeness (QED) is 0.0303. The highest BCUT2D eigenvalue weighted by molar-refractivity contribution is 7.89. The van der Waals surface area contributed by atoms with Crippen molar-refractivity contribution < 1.29 is 35.2 Å². The largest absolute Gasteiger partial charge is 0.480 e. The molecule has 0 amide bonds. The van der Waals surface area contributed by atoms with Gasteiger partial charge in [-0.15, -0.1) is 0 Å². The molecule has 0 bridgehead atoms. The fraction of sp³-hybridized carbons (Fsp3) is 0.143. The number of guanidine groups is 2. The van der Waals surface area contributed by atoms with Crippen LogP contribution in [-0.4, -0.2) is 95.8 Å². The van der Waals surface area contributed by atoms with Crippen LogP contribution in [0, 0.1) is 0 Å². The highest BCUT2D eigenvalue weighted by atomic mass is 35.5. The van der Waals surface area contributed by atoms with Crippen molar-refractivity contribution in [2.24, 2.45) is 32.9 Å². The second-order valence-electron chi connectivity index (χ2n) is 18.4. The van der Waals surface area contributed by atoms with Gasteiger partial charge in [0.05, 0.1) is 29.8 Å². The van der Waals surface area contributed by atoms with E-state index in [9.17, 15) is 35.2 Å². The van der Waals surface area contributed by atoms with Crippen LogP contribution in [0.15, 0.2) is 171 Å². The van der Waals surface area contributed by atoms with Crippen LogP contribution in [-0.2, 0) is 54.5 Å². The molecule has 0 aliphatic carbocycles. The highest BCUT2D eigenvalue weighted by Crippen LogP contribution is 2.36. The lowest BCUT2D eigenvalue weighted by Gasteiger charge is -2.21. The molecule has 0 fully saturated rings. The molecule has 0 radical (unpaired) electrons. The maximum absolute atomic E-state index is 13.3. The molecule has 0 spiro atoms. The Morgan fingerprint density at radius 3 is 1.12 bits per heavy atom. The predicted molar refractivity (Wildman–Crippen MR) is 342 cm³/mol. The van der Waals surface area contributed by atoms with Gasteiger partial charge in [-0.05, 0) is 89.5 Å². The van der Waals surface area contributed by atoms with Crippen LogP contribution < -0.4 is 22.9 Å². The van der Waals surface area contributed by atoms with Gasteiger partial charge in [-0.2, -0.15) is 22.9 Å². The van der Waals surface area contributed by atoms with E-state index in [4.69, 9.17) is 104 Å². The van der Waals surface area contributed by atoms with E-state index in [1.165, 1.54) is 69.7 Å². The number of aromatic nitrogens is 3. The van der Waals surface area contributed by atoms with Crippen molar-refractivity contribution in [3.63, 3.8) is 0 Å². The second-order valence-corrected chi connectivity index (χ2v) is 27.1. The van der Waals surface area contributed by atoms with E-state index in [-0.39, 0.29) is 74.6 Å². The number of aliphatic imine (C=N–C) groups is 2. The first-order chi connectivity index (χ1) is 40.6. The monoisotopic (exact) mass is 1360 g/mol. The average Bonchev–Trinajstić information content (AvgIpc) is 0.871. The number of fused-ring (bicyclic) bond motifs is 3. The maximum atomic E-state index is 13.3. The van der Waals surface area contributed by atoms with Gasteiger partial charge in [-0.1, -0.05) is 150 Å². The summed E-state index contributed by atoms with van der Waals surface area (Å²) in [5.74, 6) is -1.49. The zero-order valence-electron chi connectivity index (χ0n) is 45.2. The van der Waals surface area contributed by atoms with Gasteiger partial charge in [0.25, 0.3) is 0 Å². The van der Waals surface area contributed by atoms with E-state index in [1.807, 2.05) is 12.1 Å². The van der Waals surface area contributed by atoms with Crippen molar-refractivity contribution in [1.29, 1.82) is 0 Å². The number of benzene rings is 6. The summed E-state index contributed by atoms with van der Waals surface area (Å²) in [4.78, 5) is 31.4. The summed E-state index contributed by atoms with van der Waals surface area (Å²) >= 11 is 42.6. The number of rotatable bonds is 18. The molecule has 3 aromatic heterocycles. The number of pyridine rings is 3. The average molecular weight is 1360 g/mol. The third-order valence-electron chi connectivity index (χ3n) is 12.5. The molecule has 0 aliphatic rings. The normalized spacial score (nSPS) is 11.8. The molecule has 450 valence electrons. The summed E-state index contributed by atoms with van der Waals surface area (Å²) < 4.78 is 82.9. The topological polar surface area (TPSA) is 317 Å². The Bertz CT molecular complexity index is 4450. The van der Waals surface area contributed by atoms with Crippen LogP contribution in [0.2, 0.25) is 35.3 Å². The molecular formula is C56H51Cl7N12O8S3. The molecule has 9 aromatic rings. The van der Waals surface area contributed by atoms with Gasteiger partial charge in [-0.25, -0.2) is 40.2 Å². The van der Waals surface area contributed by atoms with Gasteiger partial charge in [0.15, 0.2) is 23.6 Å². The smallest absolute Gasteiger partial charge is 0.318 e. The van der Waals surface area contributed by atoms with Gasteiger partial charge in [-0.3, -0.25) is 4.79 Å². The van der Waals surface area contributed by atoms with Crippen molar-refractivity contribution in [2.45, 2.75) is 48.2 Å². The van der Waals surface area contributed by atoms with Crippen LogP contribution in [0.5, 0.6) is 0 Å². The Morgan fingerprint density at radius 1 is 0.453 bits per heavy atom. The molecule has 20 nitrogen and oxygen atoms in total. The number of carboxylic acids is 1. The Morgan fingerprint density at radius 2 is 0.779 bits per heavy atom. The van der Waals surface area contributed by atoms with E-state index in [0.29, 0.717) is 69.5 Å². The van der Waals surface area contributed by atoms with Gasteiger partial charge < -0.3 is 28.0 Å². The molecule has 0 saturated carbocycles. The zero-order valence-corrected chi connectivity index (χ0v) is 52.9. The van der Waals surface area contributed by atoms with Crippen molar-refractivity contribution in [3.05, 3.63) is 198 Å². The molecule has 0 atom stereocenters. The summed E-state index contributed by atoms with van der Waals surface area (Å²) in [5, 5.41) is 15.0. The molecule has 0 saturated heterocycles. The van der Waals surface area contributed by atoms with Crippen molar-refractivity contribution in [3.8, 4) is 0 Å². The number of sulfonamides is 3. The van der Waals surface area contributed by atoms with E-state index in [0.717, 1.165) is 15.4 Å². The van der Waals surface area contributed by atoms with Crippen molar-refractivity contribution >= 4 is 173 Å². The van der Waals surface area contributed by atoms with Crippen LogP contribution in [0.1, 0.15) is 30.5 Å². The Hall–Kier alpha value is -6.68. The minimum Gasteiger partial charge on any atom is -0.480 e. The van der Waals surface area contributed by atoms with Crippen LogP contribution in [0.4, 0.5) is 11.6 Å². The number of hydrogen-bond acceptors (Lipinski definition) is 12. The molecule has 30 heteroatoms. The Kier molecular flexibility index (Phi) is 22.4. The second kappa shape index (κ2) is 28.9. The van der Waals surface area contributed by atoms with E-state index in [1.54, 1.807) is 86.6 Å². The fourth-order valence-corrected chi connectivity index (χ4v) is 14.3. The number of carboxylic acid groups (broad SMARTS) is 1. The molecule has 9 rings (SSSR count). The summed E-state index contributed by atoms with van der Waals surface area (Å²) in [7, 11) is -11.8. The van der Waals surface area contributed by atoms with Crippen LogP contribution in [0.3, 0.4) is 0 Å². The standard InChI is InChI=1S/C19H17Cl2N5O4S.C19H19Cl2N5O2S.C18H15Cl3N2O2S/c20-12-3-1-2-11(6-12)9-26(10-17(27)28)31(29,30)13-4-5-14-15(7-13)18(25-19(22)23)24-8-16(14)21;1-2-26(11-12-4-3-5-13(20)8-12)29(27,28)14-6-7-15-16(9-14)18(25-19(22)23)24-10-17(15)21;1-2-23(11-12-4-3-5-13(19)8-12)26(24,25)14-6-7-15-16(9-14)18(21)22-10-17(15)20/h1-8H,9-10H2,(H,27,28)(H4,22,23,24,25);3-10H,2,11H2,1H3,(H4,22,23,24,25);3-10H,2,11H2,1H3. The van der Waals surface area contributed by atoms with Crippen molar-refractivity contribution in [1.82, 2.24) is 27.9 Å². The molecule has 9 N–H and O–H groups in total. The third-order valence-corrected chi connectivity index (χ3v) is 20.0. The van der Waals surface area contributed by atoms with Crippen molar-refractivity contribution in [2.75, 3.05) is 19.6 Å². The lowest BCUT2D eigenvalue weighted by Crippen LogP contribution is -2.35. The Balaban J connectivity index is 0.000000185. The summed E-state index contributed by atoms with van der Waals surface area (Å²) in [6.45, 7) is 3.62. The third kappa shape index (κ3) is 16.5. The van der Waals surface area contributed by atoms with E-state index in [2.05, 4.69) is 24.9 Å². The van der Waals surface area contributed by atoms with Crippen LogP contribution >= 0.6 is 81.2 Å². The van der Waals surface area contributed by atoms with Crippen LogP contribution in [0.25, 0.3) is 32.3 Å². The first-order valence-corrected chi connectivity index (χ1v) is 32.1. The molecular weight excluding hydrogens is 1310 g/mol.